The smallest absolute Gasteiger partial charge is 0.251 e. The third-order valence-corrected chi connectivity index (χ3v) is 8.34. The second kappa shape index (κ2) is 11.1. The van der Waals surface area contributed by atoms with Gasteiger partial charge in [-0.25, -0.2) is 4.98 Å². The largest absolute Gasteiger partial charge is 0.381 e. The number of anilines is 2. The molecule has 2 aromatic heterocycles. The third-order valence-electron chi connectivity index (χ3n) is 8.34. The molecule has 4 heterocycles. The van der Waals surface area contributed by atoms with E-state index in [1.807, 2.05) is 29.8 Å². The first-order valence-electron chi connectivity index (χ1n) is 14.5. The lowest BCUT2D eigenvalue weighted by Gasteiger charge is -2.41. The van der Waals surface area contributed by atoms with Crippen molar-refractivity contribution in [2.75, 3.05) is 43.2 Å². The first-order valence-corrected chi connectivity index (χ1v) is 14.5. The normalized spacial score (nSPS) is 22.3. The maximum absolute atomic E-state index is 12.7. The average Bonchev–Trinajstić information content (AvgIpc) is 3.66. The van der Waals surface area contributed by atoms with E-state index < -0.39 is 0 Å². The standard InChI is InChI=1S/C30H40N6O3/c1-4-24-18-39-17-20(3)35(24)28-14-27(31-15-21-9-11-38-12-10-21)36-29(34-28)26(16-32-36)22-5-8-25(19(2)13-22)30(37)33-23-6-7-23/h5,8,13-14,16,20-21,23-24,31H,4,6-7,9-12,15,17-18H2,1-3H3,(H,33,37). The van der Waals surface area contributed by atoms with Gasteiger partial charge in [0.05, 0.1) is 31.5 Å². The van der Waals surface area contributed by atoms with Crippen molar-refractivity contribution in [1.29, 1.82) is 0 Å². The average molecular weight is 533 g/mol. The minimum atomic E-state index is 0.00772. The van der Waals surface area contributed by atoms with Crippen LogP contribution in [0.1, 0.15) is 61.9 Å². The Morgan fingerprint density at radius 2 is 1.92 bits per heavy atom. The highest BCUT2D eigenvalue weighted by molar-refractivity contribution is 5.97. The van der Waals surface area contributed by atoms with Crippen molar-refractivity contribution in [2.45, 2.75) is 71.0 Å². The fourth-order valence-corrected chi connectivity index (χ4v) is 5.81. The van der Waals surface area contributed by atoms with Crippen LogP contribution in [0.25, 0.3) is 16.8 Å². The number of morpholine rings is 1. The second-order valence-corrected chi connectivity index (χ2v) is 11.4. The van der Waals surface area contributed by atoms with E-state index >= 15 is 0 Å². The number of hydrogen-bond donors (Lipinski definition) is 2. The number of aryl methyl sites for hydroxylation is 1. The summed E-state index contributed by atoms with van der Waals surface area (Å²) in [6, 6.07) is 8.99. The zero-order valence-corrected chi connectivity index (χ0v) is 23.3. The monoisotopic (exact) mass is 532 g/mol. The molecule has 39 heavy (non-hydrogen) atoms. The SMILES string of the molecule is CCC1COCC(C)N1c1cc(NCC2CCOCC2)n2ncc(-c3ccc(C(=O)NC4CC4)c(C)c3)c2n1. The van der Waals surface area contributed by atoms with Crippen molar-refractivity contribution in [3.63, 3.8) is 0 Å². The van der Waals surface area contributed by atoms with Crippen LogP contribution in [0, 0.1) is 12.8 Å². The number of hydrogen-bond acceptors (Lipinski definition) is 7. The van der Waals surface area contributed by atoms with Crippen molar-refractivity contribution < 1.29 is 14.3 Å². The van der Waals surface area contributed by atoms with Crippen molar-refractivity contribution in [1.82, 2.24) is 19.9 Å². The molecule has 6 rings (SSSR count). The van der Waals surface area contributed by atoms with Gasteiger partial charge in [0.25, 0.3) is 5.91 Å². The van der Waals surface area contributed by atoms with Crippen LogP contribution in [0.15, 0.2) is 30.5 Å². The second-order valence-electron chi connectivity index (χ2n) is 11.4. The molecule has 3 aromatic rings. The summed E-state index contributed by atoms with van der Waals surface area (Å²) in [6.07, 6.45) is 7.16. The number of fused-ring (bicyclic) bond motifs is 1. The van der Waals surface area contributed by atoms with Gasteiger partial charge in [-0.2, -0.15) is 9.61 Å². The highest BCUT2D eigenvalue weighted by Crippen LogP contribution is 2.32. The number of aromatic nitrogens is 3. The number of amides is 1. The Labute approximate surface area is 230 Å². The van der Waals surface area contributed by atoms with Gasteiger partial charge in [-0.05, 0) is 69.1 Å². The summed E-state index contributed by atoms with van der Waals surface area (Å²) < 4.78 is 13.4. The van der Waals surface area contributed by atoms with E-state index in [-0.39, 0.29) is 18.0 Å². The maximum atomic E-state index is 12.7. The van der Waals surface area contributed by atoms with E-state index in [9.17, 15) is 4.79 Å². The van der Waals surface area contributed by atoms with E-state index in [4.69, 9.17) is 19.6 Å². The molecule has 3 aliphatic rings. The Kier molecular flexibility index (Phi) is 7.44. The number of carbonyl (C=O) groups is 1. The Morgan fingerprint density at radius 1 is 1.10 bits per heavy atom. The molecule has 0 bridgehead atoms. The summed E-state index contributed by atoms with van der Waals surface area (Å²) in [7, 11) is 0. The van der Waals surface area contributed by atoms with Gasteiger partial charge in [-0.3, -0.25) is 4.79 Å². The summed E-state index contributed by atoms with van der Waals surface area (Å²) in [5, 5.41) is 11.6. The number of nitrogens with zero attached hydrogens (tertiary/aromatic N) is 4. The molecule has 2 atom stereocenters. The van der Waals surface area contributed by atoms with Gasteiger partial charge in [-0.1, -0.05) is 19.1 Å². The minimum Gasteiger partial charge on any atom is -0.381 e. The molecular formula is C30H40N6O3. The molecule has 0 radical (unpaired) electrons. The Hall–Kier alpha value is -3.17. The van der Waals surface area contributed by atoms with E-state index in [2.05, 4.69) is 41.5 Å². The fourth-order valence-electron chi connectivity index (χ4n) is 5.81. The van der Waals surface area contributed by atoms with Gasteiger partial charge in [0, 0.05) is 43.0 Å². The summed E-state index contributed by atoms with van der Waals surface area (Å²) in [5.74, 6) is 2.47. The number of nitrogens with one attached hydrogen (secondary N) is 2. The van der Waals surface area contributed by atoms with E-state index in [0.717, 1.165) is 91.4 Å². The van der Waals surface area contributed by atoms with E-state index in [1.54, 1.807) is 0 Å². The molecule has 1 saturated carbocycles. The Bertz CT molecular complexity index is 1330. The lowest BCUT2D eigenvalue weighted by Crippen LogP contribution is -2.51. The fraction of sp³-hybridized carbons (Fsp3) is 0.567. The van der Waals surface area contributed by atoms with Crippen LogP contribution in [-0.2, 0) is 9.47 Å². The first kappa shape index (κ1) is 26.1. The highest BCUT2D eigenvalue weighted by atomic mass is 16.5. The summed E-state index contributed by atoms with van der Waals surface area (Å²) in [4.78, 5) is 20.3. The lowest BCUT2D eigenvalue weighted by atomic mass is 10.0. The van der Waals surface area contributed by atoms with Crippen molar-refractivity contribution >= 4 is 23.2 Å². The number of ether oxygens (including phenoxy) is 2. The van der Waals surface area contributed by atoms with Gasteiger partial charge >= 0.3 is 0 Å². The molecule has 2 N–H and O–H groups in total. The molecule has 2 unspecified atom stereocenters. The van der Waals surface area contributed by atoms with Gasteiger partial charge in [0.1, 0.15) is 11.6 Å². The minimum absolute atomic E-state index is 0.00772. The number of benzene rings is 1. The first-order chi connectivity index (χ1) is 19.0. The van der Waals surface area contributed by atoms with Crippen LogP contribution >= 0.6 is 0 Å². The molecule has 9 nitrogen and oxygen atoms in total. The summed E-state index contributed by atoms with van der Waals surface area (Å²) >= 11 is 0. The molecule has 1 amide bonds. The maximum Gasteiger partial charge on any atom is 0.251 e. The molecule has 208 valence electrons. The number of carbonyl (C=O) groups excluding carboxylic acids is 1. The lowest BCUT2D eigenvalue weighted by molar-refractivity contribution is 0.0694. The zero-order chi connectivity index (χ0) is 26.9. The van der Waals surface area contributed by atoms with Gasteiger partial charge in [-0.15, -0.1) is 0 Å². The topological polar surface area (TPSA) is 93.0 Å². The van der Waals surface area contributed by atoms with Crippen molar-refractivity contribution in [3.05, 3.63) is 41.6 Å². The molecule has 1 aliphatic carbocycles. The van der Waals surface area contributed by atoms with Crippen LogP contribution < -0.4 is 15.5 Å². The Balaban J connectivity index is 1.38. The van der Waals surface area contributed by atoms with Gasteiger partial charge in [0.2, 0.25) is 0 Å². The van der Waals surface area contributed by atoms with E-state index in [1.165, 1.54) is 0 Å². The third kappa shape index (κ3) is 5.47. The van der Waals surface area contributed by atoms with Crippen molar-refractivity contribution in [3.8, 4) is 11.1 Å². The molecule has 2 saturated heterocycles. The summed E-state index contributed by atoms with van der Waals surface area (Å²) in [5.41, 5.74) is 4.45. The van der Waals surface area contributed by atoms with Crippen LogP contribution in [-0.4, -0.2) is 71.6 Å². The molecular weight excluding hydrogens is 492 g/mol. The predicted molar refractivity (Wildman–Crippen MR) is 153 cm³/mol. The predicted octanol–water partition coefficient (Wildman–Crippen LogP) is 4.44. The van der Waals surface area contributed by atoms with Crippen LogP contribution in [0.3, 0.4) is 0 Å². The molecule has 1 aromatic carbocycles. The highest BCUT2D eigenvalue weighted by Gasteiger charge is 2.30. The van der Waals surface area contributed by atoms with Crippen molar-refractivity contribution in [2.24, 2.45) is 5.92 Å². The Morgan fingerprint density at radius 3 is 2.67 bits per heavy atom. The number of rotatable bonds is 8. The molecule has 3 fully saturated rings. The van der Waals surface area contributed by atoms with Crippen LogP contribution in [0.5, 0.6) is 0 Å². The van der Waals surface area contributed by atoms with E-state index in [0.29, 0.717) is 25.2 Å². The van der Waals surface area contributed by atoms with Gasteiger partial charge in [0.15, 0.2) is 5.65 Å². The molecule has 0 spiro atoms. The molecule has 2 aliphatic heterocycles. The van der Waals surface area contributed by atoms with Crippen LogP contribution in [0.2, 0.25) is 0 Å². The zero-order valence-electron chi connectivity index (χ0n) is 23.3. The summed E-state index contributed by atoms with van der Waals surface area (Å²) in [6.45, 7) is 10.3. The molecule has 9 heteroatoms. The van der Waals surface area contributed by atoms with Gasteiger partial charge < -0.3 is 25.0 Å². The quantitative estimate of drug-likeness (QED) is 0.443. The van der Waals surface area contributed by atoms with Crippen LogP contribution in [0.4, 0.5) is 11.6 Å².